The van der Waals surface area contributed by atoms with Gasteiger partial charge in [0.05, 0.1) is 23.6 Å². The standard InChI is InChI=1S/C12H15N3O4/c1-7-5-9(8(2)15-14-7)10(16)13-12(11(17)18)3-4-19-6-12/h5H,3-4,6H2,1-2H3,(H,13,16)(H,17,18). The third-order valence-electron chi connectivity index (χ3n) is 3.13. The lowest BCUT2D eigenvalue weighted by Gasteiger charge is -2.23. The first-order chi connectivity index (χ1) is 8.94. The molecular weight excluding hydrogens is 250 g/mol. The average Bonchev–Trinajstić information content (AvgIpc) is 2.82. The molecule has 1 saturated heterocycles. The van der Waals surface area contributed by atoms with Crippen molar-refractivity contribution in [2.45, 2.75) is 25.8 Å². The largest absolute Gasteiger partial charge is 0.479 e. The highest BCUT2D eigenvalue weighted by Gasteiger charge is 2.44. The number of amides is 1. The predicted octanol–water partition coefficient (Wildman–Crippen LogP) is 0.0669. The molecule has 1 aromatic rings. The maximum Gasteiger partial charge on any atom is 0.331 e. The van der Waals surface area contributed by atoms with Crippen molar-refractivity contribution in [1.82, 2.24) is 15.5 Å². The number of carboxylic acids is 1. The van der Waals surface area contributed by atoms with E-state index in [0.29, 0.717) is 23.6 Å². The maximum atomic E-state index is 12.2. The molecule has 1 aliphatic rings. The molecule has 2 N–H and O–H groups in total. The topological polar surface area (TPSA) is 101 Å². The van der Waals surface area contributed by atoms with Gasteiger partial charge < -0.3 is 15.2 Å². The van der Waals surface area contributed by atoms with E-state index in [2.05, 4.69) is 15.5 Å². The second-order valence-corrected chi connectivity index (χ2v) is 4.63. The highest BCUT2D eigenvalue weighted by molar-refractivity contribution is 5.98. The van der Waals surface area contributed by atoms with Crippen LogP contribution < -0.4 is 5.32 Å². The molecule has 0 saturated carbocycles. The van der Waals surface area contributed by atoms with E-state index in [1.165, 1.54) is 0 Å². The molecule has 0 aromatic carbocycles. The molecule has 7 nitrogen and oxygen atoms in total. The lowest BCUT2D eigenvalue weighted by Crippen LogP contribution is -2.55. The number of aliphatic carboxylic acids is 1. The summed E-state index contributed by atoms with van der Waals surface area (Å²) >= 11 is 0. The SMILES string of the molecule is Cc1cc(C(=O)NC2(C(=O)O)CCOC2)c(C)nn1. The second kappa shape index (κ2) is 4.93. The van der Waals surface area contributed by atoms with Crippen LogP contribution in [0.15, 0.2) is 6.07 Å². The third kappa shape index (κ3) is 2.55. The molecular formula is C12H15N3O4. The fraction of sp³-hybridized carbons (Fsp3) is 0.500. The fourth-order valence-electron chi connectivity index (χ4n) is 1.95. The van der Waals surface area contributed by atoms with E-state index in [-0.39, 0.29) is 13.0 Å². The Labute approximate surface area is 110 Å². The molecule has 19 heavy (non-hydrogen) atoms. The van der Waals surface area contributed by atoms with E-state index in [9.17, 15) is 14.7 Å². The number of aryl methyl sites for hydroxylation is 2. The minimum atomic E-state index is -1.35. The summed E-state index contributed by atoms with van der Waals surface area (Å²) < 4.78 is 5.09. The molecule has 0 radical (unpaired) electrons. The number of nitrogens with zero attached hydrogens (tertiary/aromatic N) is 2. The molecule has 7 heteroatoms. The Kier molecular flexibility index (Phi) is 3.48. The number of aromatic nitrogens is 2. The van der Waals surface area contributed by atoms with E-state index in [4.69, 9.17) is 4.74 Å². The highest BCUT2D eigenvalue weighted by Crippen LogP contribution is 2.20. The quantitative estimate of drug-likeness (QED) is 0.801. The predicted molar refractivity (Wildman–Crippen MR) is 64.8 cm³/mol. The van der Waals surface area contributed by atoms with Gasteiger partial charge in [0.15, 0.2) is 5.54 Å². The number of carbonyl (C=O) groups is 2. The van der Waals surface area contributed by atoms with E-state index in [0.717, 1.165) is 0 Å². The van der Waals surface area contributed by atoms with Gasteiger partial charge in [-0.05, 0) is 19.9 Å². The van der Waals surface area contributed by atoms with Crippen LogP contribution in [0.1, 0.15) is 28.2 Å². The van der Waals surface area contributed by atoms with E-state index >= 15 is 0 Å². The number of hydrogen-bond acceptors (Lipinski definition) is 5. The lowest BCUT2D eigenvalue weighted by atomic mass is 9.98. The Morgan fingerprint density at radius 3 is 2.74 bits per heavy atom. The van der Waals surface area contributed by atoms with Gasteiger partial charge in [0, 0.05) is 13.0 Å². The molecule has 1 aliphatic heterocycles. The summed E-state index contributed by atoms with van der Waals surface area (Å²) in [6.07, 6.45) is 0.255. The molecule has 1 atom stereocenters. The average molecular weight is 265 g/mol. The van der Waals surface area contributed by atoms with Crippen LogP contribution in [0.3, 0.4) is 0 Å². The van der Waals surface area contributed by atoms with Gasteiger partial charge in [0.1, 0.15) is 0 Å². The minimum absolute atomic E-state index is 0.0232. The van der Waals surface area contributed by atoms with Crippen LogP contribution in [-0.2, 0) is 9.53 Å². The molecule has 1 unspecified atom stereocenters. The Morgan fingerprint density at radius 1 is 1.42 bits per heavy atom. The molecule has 0 aliphatic carbocycles. The van der Waals surface area contributed by atoms with Crippen LogP contribution in [0.25, 0.3) is 0 Å². The van der Waals surface area contributed by atoms with Crippen molar-refractivity contribution in [1.29, 1.82) is 0 Å². The van der Waals surface area contributed by atoms with E-state index in [1.807, 2.05) is 0 Å². The van der Waals surface area contributed by atoms with Crippen LogP contribution in [0.2, 0.25) is 0 Å². The van der Waals surface area contributed by atoms with Gasteiger partial charge in [-0.2, -0.15) is 10.2 Å². The Morgan fingerprint density at radius 2 is 2.16 bits per heavy atom. The van der Waals surface area contributed by atoms with Gasteiger partial charge in [-0.3, -0.25) is 4.79 Å². The number of ether oxygens (including phenoxy) is 1. The van der Waals surface area contributed by atoms with Gasteiger partial charge in [0.25, 0.3) is 5.91 Å². The fourth-order valence-corrected chi connectivity index (χ4v) is 1.95. The summed E-state index contributed by atoms with van der Waals surface area (Å²) in [6.45, 7) is 3.67. The Hall–Kier alpha value is -2.02. The first kappa shape index (κ1) is 13.4. The van der Waals surface area contributed by atoms with Crippen molar-refractivity contribution in [3.63, 3.8) is 0 Å². The van der Waals surface area contributed by atoms with Crippen molar-refractivity contribution >= 4 is 11.9 Å². The van der Waals surface area contributed by atoms with E-state index < -0.39 is 17.4 Å². The summed E-state index contributed by atoms with van der Waals surface area (Å²) in [5.74, 6) is -1.56. The smallest absolute Gasteiger partial charge is 0.331 e. The van der Waals surface area contributed by atoms with Gasteiger partial charge in [-0.1, -0.05) is 0 Å². The summed E-state index contributed by atoms with van der Waals surface area (Å²) in [7, 11) is 0. The Balaban J connectivity index is 2.25. The first-order valence-electron chi connectivity index (χ1n) is 5.89. The summed E-state index contributed by atoms with van der Waals surface area (Å²) in [5, 5.41) is 19.5. The summed E-state index contributed by atoms with van der Waals surface area (Å²) in [6, 6.07) is 1.59. The highest BCUT2D eigenvalue weighted by atomic mass is 16.5. The molecule has 0 bridgehead atoms. The number of hydrogen-bond donors (Lipinski definition) is 2. The molecule has 2 rings (SSSR count). The summed E-state index contributed by atoms with van der Waals surface area (Å²) in [5.41, 5.74) is 0.0473. The molecule has 102 valence electrons. The van der Waals surface area contributed by atoms with Crippen LogP contribution in [-0.4, -0.2) is 45.9 Å². The van der Waals surface area contributed by atoms with Gasteiger partial charge in [0.2, 0.25) is 0 Å². The van der Waals surface area contributed by atoms with Crippen molar-refractivity contribution in [2.75, 3.05) is 13.2 Å². The monoisotopic (exact) mass is 265 g/mol. The van der Waals surface area contributed by atoms with Crippen LogP contribution in [0.5, 0.6) is 0 Å². The second-order valence-electron chi connectivity index (χ2n) is 4.63. The first-order valence-corrected chi connectivity index (χ1v) is 5.89. The van der Waals surface area contributed by atoms with Crippen molar-refractivity contribution in [2.24, 2.45) is 0 Å². The van der Waals surface area contributed by atoms with Gasteiger partial charge in [-0.25, -0.2) is 4.79 Å². The maximum absolute atomic E-state index is 12.2. The van der Waals surface area contributed by atoms with E-state index in [1.54, 1.807) is 19.9 Å². The molecule has 2 heterocycles. The van der Waals surface area contributed by atoms with Gasteiger partial charge >= 0.3 is 5.97 Å². The minimum Gasteiger partial charge on any atom is -0.479 e. The van der Waals surface area contributed by atoms with Crippen molar-refractivity contribution in [3.05, 3.63) is 23.0 Å². The molecule has 1 fully saturated rings. The van der Waals surface area contributed by atoms with Crippen molar-refractivity contribution < 1.29 is 19.4 Å². The molecule has 1 aromatic heterocycles. The zero-order chi connectivity index (χ0) is 14.0. The van der Waals surface area contributed by atoms with Crippen LogP contribution in [0.4, 0.5) is 0 Å². The normalized spacial score (nSPS) is 22.2. The molecule has 1 amide bonds. The third-order valence-corrected chi connectivity index (χ3v) is 3.13. The number of nitrogens with one attached hydrogen (secondary N) is 1. The number of rotatable bonds is 3. The van der Waals surface area contributed by atoms with Crippen LogP contribution >= 0.6 is 0 Å². The van der Waals surface area contributed by atoms with Crippen molar-refractivity contribution in [3.8, 4) is 0 Å². The van der Waals surface area contributed by atoms with Crippen LogP contribution in [0, 0.1) is 13.8 Å². The zero-order valence-electron chi connectivity index (χ0n) is 10.8. The summed E-state index contributed by atoms with van der Waals surface area (Å²) in [4.78, 5) is 23.5. The Bertz CT molecular complexity index is 524. The lowest BCUT2D eigenvalue weighted by molar-refractivity contribution is -0.144. The van der Waals surface area contributed by atoms with Gasteiger partial charge in [-0.15, -0.1) is 0 Å². The zero-order valence-corrected chi connectivity index (χ0v) is 10.8. The number of carboxylic acid groups (broad SMARTS) is 1. The number of carbonyl (C=O) groups excluding carboxylic acids is 1. The molecule has 0 spiro atoms.